The lowest BCUT2D eigenvalue weighted by Gasteiger charge is -2.07. The Morgan fingerprint density at radius 3 is 2.62 bits per heavy atom. The van der Waals surface area contributed by atoms with Crippen molar-refractivity contribution < 1.29 is 17.5 Å². The fraction of sp³-hybridized carbons (Fsp3) is 0.133. The van der Waals surface area contributed by atoms with Gasteiger partial charge in [-0.1, -0.05) is 12.1 Å². The molecule has 0 aliphatic carbocycles. The van der Waals surface area contributed by atoms with Crippen LogP contribution < -0.4 is 4.74 Å². The lowest BCUT2D eigenvalue weighted by atomic mass is 10.1. The molecule has 2 rings (SSSR count). The van der Waals surface area contributed by atoms with Crippen LogP contribution in [0.3, 0.4) is 0 Å². The largest absolute Gasteiger partial charge is 0.497 e. The number of benzene rings is 2. The number of methoxy groups -OCH3 is 1. The molecule has 0 aliphatic rings. The van der Waals surface area contributed by atoms with Crippen molar-refractivity contribution in [2.24, 2.45) is 0 Å². The van der Waals surface area contributed by atoms with Gasteiger partial charge in [-0.15, -0.1) is 0 Å². The van der Waals surface area contributed by atoms with E-state index in [-0.39, 0.29) is 16.0 Å². The van der Waals surface area contributed by atoms with E-state index >= 15 is 0 Å². The second-order valence-electron chi connectivity index (χ2n) is 4.36. The standard InChI is InChI=1S/C15H12FNO3S/c1-20-13-3-2-4-14(8-13)21(18,19)10-12-6-5-11(9-17)7-15(12)16/h2-8H,10H2,1H3. The first-order valence-corrected chi connectivity index (χ1v) is 7.67. The van der Waals surface area contributed by atoms with Crippen LogP contribution in [-0.4, -0.2) is 15.5 Å². The maximum absolute atomic E-state index is 13.8. The summed E-state index contributed by atoms with van der Waals surface area (Å²) in [5.74, 6) is -0.769. The number of nitriles is 1. The van der Waals surface area contributed by atoms with Crippen molar-refractivity contribution in [3.63, 3.8) is 0 Å². The van der Waals surface area contributed by atoms with Gasteiger partial charge >= 0.3 is 0 Å². The molecule has 0 amide bonds. The SMILES string of the molecule is COc1cccc(S(=O)(=O)Cc2ccc(C#N)cc2F)c1. The molecule has 0 saturated carbocycles. The van der Waals surface area contributed by atoms with Crippen molar-refractivity contribution in [3.8, 4) is 11.8 Å². The van der Waals surface area contributed by atoms with E-state index in [0.29, 0.717) is 5.75 Å². The molecule has 21 heavy (non-hydrogen) atoms. The highest BCUT2D eigenvalue weighted by molar-refractivity contribution is 7.90. The zero-order valence-corrected chi connectivity index (χ0v) is 12.0. The molecule has 0 N–H and O–H groups in total. The number of halogens is 1. The van der Waals surface area contributed by atoms with Crippen molar-refractivity contribution >= 4 is 9.84 Å². The highest BCUT2D eigenvalue weighted by atomic mass is 32.2. The summed E-state index contributed by atoms with van der Waals surface area (Å²) in [4.78, 5) is 0.0607. The Kier molecular flexibility index (Phi) is 4.24. The lowest BCUT2D eigenvalue weighted by molar-refractivity contribution is 0.413. The quantitative estimate of drug-likeness (QED) is 0.871. The summed E-state index contributed by atoms with van der Waals surface area (Å²) in [7, 11) is -2.25. The third kappa shape index (κ3) is 3.38. The molecule has 2 aromatic carbocycles. The molecular formula is C15H12FNO3S. The Morgan fingerprint density at radius 1 is 1.24 bits per heavy atom. The van der Waals surface area contributed by atoms with Crippen molar-refractivity contribution in [1.29, 1.82) is 5.26 Å². The number of hydrogen-bond acceptors (Lipinski definition) is 4. The first kappa shape index (κ1) is 15.0. The molecule has 0 aliphatic heterocycles. The molecule has 4 nitrogen and oxygen atoms in total. The number of rotatable bonds is 4. The predicted molar refractivity (Wildman–Crippen MR) is 75.0 cm³/mol. The summed E-state index contributed by atoms with van der Waals surface area (Å²) < 4.78 is 43.3. The Bertz CT molecular complexity index is 810. The fourth-order valence-corrected chi connectivity index (χ4v) is 3.21. The summed E-state index contributed by atoms with van der Waals surface area (Å²) in [5.41, 5.74) is 0.173. The number of ether oxygens (including phenoxy) is 1. The van der Waals surface area contributed by atoms with Crippen LogP contribution in [-0.2, 0) is 15.6 Å². The van der Waals surface area contributed by atoms with Gasteiger partial charge in [0.15, 0.2) is 9.84 Å². The monoisotopic (exact) mass is 305 g/mol. The smallest absolute Gasteiger partial charge is 0.182 e. The zero-order chi connectivity index (χ0) is 15.5. The Balaban J connectivity index is 2.35. The van der Waals surface area contributed by atoms with E-state index in [4.69, 9.17) is 10.00 Å². The predicted octanol–water partition coefficient (Wildman–Crippen LogP) is 2.68. The summed E-state index contributed by atoms with van der Waals surface area (Å²) in [5, 5.41) is 8.67. The topological polar surface area (TPSA) is 67.2 Å². The summed E-state index contributed by atoms with van der Waals surface area (Å²) in [6.45, 7) is 0. The van der Waals surface area contributed by atoms with E-state index in [1.807, 2.05) is 0 Å². The van der Waals surface area contributed by atoms with Crippen LogP contribution in [0.5, 0.6) is 5.75 Å². The van der Waals surface area contributed by atoms with Gasteiger partial charge in [-0.25, -0.2) is 12.8 Å². The molecule has 6 heteroatoms. The molecule has 0 atom stereocenters. The molecule has 0 heterocycles. The molecule has 0 saturated heterocycles. The number of hydrogen-bond donors (Lipinski definition) is 0. The van der Waals surface area contributed by atoms with Gasteiger partial charge in [0, 0.05) is 5.56 Å². The van der Waals surface area contributed by atoms with E-state index in [0.717, 1.165) is 6.07 Å². The van der Waals surface area contributed by atoms with E-state index in [9.17, 15) is 12.8 Å². The molecule has 0 unspecified atom stereocenters. The molecule has 0 radical (unpaired) electrons. The normalized spacial score (nSPS) is 10.9. The highest BCUT2D eigenvalue weighted by Gasteiger charge is 2.18. The van der Waals surface area contributed by atoms with Crippen molar-refractivity contribution in [3.05, 3.63) is 59.4 Å². The number of nitrogens with zero attached hydrogens (tertiary/aromatic N) is 1. The van der Waals surface area contributed by atoms with Gasteiger partial charge in [0.1, 0.15) is 11.6 Å². The molecule has 0 bridgehead atoms. The van der Waals surface area contributed by atoms with E-state index < -0.39 is 21.4 Å². The van der Waals surface area contributed by atoms with Crippen LogP contribution in [0.25, 0.3) is 0 Å². The summed E-state index contributed by atoms with van der Waals surface area (Å²) >= 11 is 0. The zero-order valence-electron chi connectivity index (χ0n) is 11.2. The summed E-state index contributed by atoms with van der Waals surface area (Å²) in [6, 6.07) is 11.5. The molecule has 108 valence electrons. The summed E-state index contributed by atoms with van der Waals surface area (Å²) in [6.07, 6.45) is 0. The van der Waals surface area contributed by atoms with Crippen LogP contribution in [0.15, 0.2) is 47.4 Å². The van der Waals surface area contributed by atoms with Gasteiger partial charge in [0.05, 0.1) is 29.4 Å². The molecule has 0 spiro atoms. The van der Waals surface area contributed by atoms with Gasteiger partial charge < -0.3 is 4.74 Å². The van der Waals surface area contributed by atoms with Gasteiger partial charge in [-0.3, -0.25) is 0 Å². The Hall–Kier alpha value is -2.39. The minimum Gasteiger partial charge on any atom is -0.497 e. The molecular weight excluding hydrogens is 293 g/mol. The average Bonchev–Trinajstić information content (AvgIpc) is 2.49. The first-order chi connectivity index (χ1) is 9.96. The minimum atomic E-state index is -3.69. The van der Waals surface area contributed by atoms with Crippen molar-refractivity contribution in [2.45, 2.75) is 10.6 Å². The van der Waals surface area contributed by atoms with Crippen LogP contribution in [0, 0.1) is 17.1 Å². The molecule has 0 fully saturated rings. The van der Waals surface area contributed by atoms with Crippen molar-refractivity contribution in [1.82, 2.24) is 0 Å². The third-order valence-electron chi connectivity index (χ3n) is 2.93. The van der Waals surface area contributed by atoms with Crippen LogP contribution in [0.1, 0.15) is 11.1 Å². The van der Waals surface area contributed by atoms with Gasteiger partial charge in [0.25, 0.3) is 0 Å². The average molecular weight is 305 g/mol. The molecule has 0 aromatic heterocycles. The Morgan fingerprint density at radius 2 is 2.00 bits per heavy atom. The first-order valence-electron chi connectivity index (χ1n) is 6.01. The molecule has 2 aromatic rings. The second kappa shape index (κ2) is 5.94. The van der Waals surface area contributed by atoms with Crippen molar-refractivity contribution in [2.75, 3.05) is 7.11 Å². The second-order valence-corrected chi connectivity index (χ2v) is 6.35. The maximum Gasteiger partial charge on any atom is 0.182 e. The van der Waals surface area contributed by atoms with E-state index in [2.05, 4.69) is 0 Å². The van der Waals surface area contributed by atoms with Gasteiger partial charge in [0.2, 0.25) is 0 Å². The minimum absolute atomic E-state index is 0.0248. The van der Waals surface area contributed by atoms with E-state index in [1.165, 1.54) is 31.4 Å². The Labute approximate surface area is 122 Å². The van der Waals surface area contributed by atoms with Crippen LogP contribution in [0.4, 0.5) is 4.39 Å². The van der Waals surface area contributed by atoms with Crippen LogP contribution >= 0.6 is 0 Å². The highest BCUT2D eigenvalue weighted by Crippen LogP contribution is 2.22. The van der Waals surface area contributed by atoms with Gasteiger partial charge in [-0.2, -0.15) is 5.26 Å². The number of sulfone groups is 1. The maximum atomic E-state index is 13.8. The van der Waals surface area contributed by atoms with E-state index in [1.54, 1.807) is 18.2 Å². The fourth-order valence-electron chi connectivity index (χ4n) is 1.82. The lowest BCUT2D eigenvalue weighted by Crippen LogP contribution is -2.07. The van der Waals surface area contributed by atoms with Crippen LogP contribution in [0.2, 0.25) is 0 Å². The third-order valence-corrected chi connectivity index (χ3v) is 4.59. The van der Waals surface area contributed by atoms with Gasteiger partial charge in [-0.05, 0) is 30.3 Å².